The summed E-state index contributed by atoms with van der Waals surface area (Å²) in [7, 11) is 0. The molecular formula is C18H15FO4. The Hall–Kier alpha value is -2.66. The average Bonchev–Trinajstić information content (AvgIpc) is 3.06. The molecule has 0 unspecified atom stereocenters. The van der Waals surface area contributed by atoms with E-state index >= 15 is 0 Å². The molecule has 0 saturated carbocycles. The molecule has 2 N–H and O–H groups in total. The minimum absolute atomic E-state index is 0.167. The van der Waals surface area contributed by atoms with Crippen LogP contribution in [0.5, 0.6) is 0 Å². The molecule has 4 nitrogen and oxygen atoms in total. The van der Waals surface area contributed by atoms with E-state index in [2.05, 4.69) is 0 Å². The average molecular weight is 314 g/mol. The second kappa shape index (κ2) is 5.85. The molecule has 1 aliphatic carbocycles. The van der Waals surface area contributed by atoms with E-state index in [1.54, 1.807) is 24.3 Å². The van der Waals surface area contributed by atoms with Gasteiger partial charge in [-0.05, 0) is 65.1 Å². The van der Waals surface area contributed by atoms with Crippen LogP contribution in [0.25, 0.3) is 17.2 Å². The first kappa shape index (κ1) is 15.2. The van der Waals surface area contributed by atoms with Crippen molar-refractivity contribution >= 4 is 23.2 Å². The Morgan fingerprint density at radius 2 is 2.04 bits per heavy atom. The van der Waals surface area contributed by atoms with Crippen molar-refractivity contribution in [1.29, 1.82) is 0 Å². The number of benzene rings is 1. The summed E-state index contributed by atoms with van der Waals surface area (Å²) in [5.74, 6) is -0.366. The zero-order valence-electron chi connectivity index (χ0n) is 12.5. The van der Waals surface area contributed by atoms with Crippen LogP contribution in [0.3, 0.4) is 0 Å². The second-order valence-electron chi connectivity index (χ2n) is 5.38. The number of aliphatic carboxylic acids is 1. The molecule has 3 rings (SSSR count). The van der Waals surface area contributed by atoms with Crippen LogP contribution in [-0.4, -0.2) is 16.2 Å². The van der Waals surface area contributed by atoms with Crippen LogP contribution in [0.2, 0.25) is 0 Å². The van der Waals surface area contributed by atoms with Crippen LogP contribution in [0.4, 0.5) is 4.39 Å². The van der Waals surface area contributed by atoms with Crippen LogP contribution in [0, 0.1) is 5.82 Å². The zero-order valence-corrected chi connectivity index (χ0v) is 12.5. The van der Waals surface area contributed by atoms with Gasteiger partial charge in [-0.1, -0.05) is 6.07 Å². The highest BCUT2D eigenvalue weighted by molar-refractivity contribution is 6.07. The zero-order chi connectivity index (χ0) is 16.6. The number of halogens is 1. The highest BCUT2D eigenvalue weighted by Gasteiger charge is 2.25. The summed E-state index contributed by atoms with van der Waals surface area (Å²) >= 11 is 0. The maximum Gasteiger partial charge on any atom is 0.307 e. The molecule has 0 fully saturated rings. The summed E-state index contributed by atoms with van der Waals surface area (Å²) in [6.07, 6.45) is 1.61. The molecule has 0 aliphatic heterocycles. The van der Waals surface area contributed by atoms with Gasteiger partial charge in [-0.2, -0.15) is 0 Å². The molecule has 0 saturated heterocycles. The van der Waals surface area contributed by atoms with E-state index in [0.29, 0.717) is 22.7 Å². The normalized spacial score (nSPS) is 15.3. The summed E-state index contributed by atoms with van der Waals surface area (Å²) < 4.78 is 19.0. The number of allylic oxidation sites excluding steroid dienone is 2. The number of carboxylic acids is 1. The van der Waals surface area contributed by atoms with E-state index in [9.17, 15) is 9.18 Å². The molecule has 2 aromatic rings. The summed E-state index contributed by atoms with van der Waals surface area (Å²) in [5, 5.41) is 18.2. The van der Waals surface area contributed by atoms with Gasteiger partial charge >= 0.3 is 5.97 Å². The smallest absolute Gasteiger partial charge is 0.307 e. The molecule has 1 aliphatic rings. The number of rotatable bonds is 4. The Morgan fingerprint density at radius 3 is 2.70 bits per heavy atom. The van der Waals surface area contributed by atoms with Crippen molar-refractivity contribution in [2.45, 2.75) is 20.0 Å². The lowest BCUT2D eigenvalue weighted by Crippen LogP contribution is -1.97. The molecule has 0 amide bonds. The fourth-order valence-electron chi connectivity index (χ4n) is 2.83. The molecule has 23 heavy (non-hydrogen) atoms. The monoisotopic (exact) mass is 314 g/mol. The van der Waals surface area contributed by atoms with Crippen molar-refractivity contribution in [3.63, 3.8) is 0 Å². The number of fused-ring (bicyclic) bond motifs is 1. The third-order valence-electron chi connectivity index (χ3n) is 3.91. The minimum Gasteiger partial charge on any atom is -0.481 e. The highest BCUT2D eigenvalue weighted by atomic mass is 19.1. The summed E-state index contributed by atoms with van der Waals surface area (Å²) in [4.78, 5) is 11.1. The Balaban J connectivity index is 2.13. The Morgan fingerprint density at radius 1 is 1.26 bits per heavy atom. The van der Waals surface area contributed by atoms with Crippen LogP contribution in [0.1, 0.15) is 36.0 Å². The minimum atomic E-state index is -0.962. The van der Waals surface area contributed by atoms with Gasteiger partial charge in [0.1, 0.15) is 23.9 Å². The van der Waals surface area contributed by atoms with Crippen LogP contribution in [0.15, 0.2) is 40.3 Å². The maximum atomic E-state index is 13.6. The number of aliphatic hydroxyl groups is 1. The Bertz CT molecular complexity index is 842. The predicted octanol–water partition coefficient (Wildman–Crippen LogP) is 3.71. The third kappa shape index (κ3) is 2.83. The van der Waals surface area contributed by atoms with E-state index < -0.39 is 11.8 Å². The van der Waals surface area contributed by atoms with Crippen molar-refractivity contribution < 1.29 is 23.8 Å². The van der Waals surface area contributed by atoms with Crippen molar-refractivity contribution in [2.24, 2.45) is 0 Å². The fourth-order valence-corrected chi connectivity index (χ4v) is 2.83. The summed E-state index contributed by atoms with van der Waals surface area (Å²) in [5.41, 5.74) is 3.57. The van der Waals surface area contributed by atoms with E-state index in [-0.39, 0.29) is 13.0 Å². The van der Waals surface area contributed by atoms with Gasteiger partial charge in [-0.15, -0.1) is 0 Å². The van der Waals surface area contributed by atoms with E-state index in [1.165, 1.54) is 12.1 Å². The molecule has 5 heteroatoms. The van der Waals surface area contributed by atoms with Crippen LogP contribution < -0.4 is 0 Å². The first-order valence-electron chi connectivity index (χ1n) is 7.13. The molecule has 1 aromatic heterocycles. The fraction of sp³-hybridized carbons (Fsp3) is 0.167. The lowest BCUT2D eigenvalue weighted by Gasteiger charge is -2.03. The summed E-state index contributed by atoms with van der Waals surface area (Å²) in [6, 6.07) is 7.75. The number of carbonyl (C=O) groups is 1. The topological polar surface area (TPSA) is 70.7 Å². The van der Waals surface area contributed by atoms with Gasteiger partial charge in [0.25, 0.3) is 0 Å². The molecule has 0 radical (unpaired) electrons. The molecule has 1 aromatic carbocycles. The highest BCUT2D eigenvalue weighted by Crippen LogP contribution is 2.43. The Kier molecular flexibility index (Phi) is 3.88. The SMILES string of the molecule is CC1=C(CC(=O)O)c2cc(F)ccc2/C1=C\c1ccc(CO)o1. The maximum absolute atomic E-state index is 13.6. The van der Waals surface area contributed by atoms with Crippen molar-refractivity contribution in [2.75, 3.05) is 0 Å². The first-order valence-corrected chi connectivity index (χ1v) is 7.13. The van der Waals surface area contributed by atoms with Gasteiger partial charge in [0.2, 0.25) is 0 Å². The third-order valence-corrected chi connectivity index (χ3v) is 3.91. The predicted molar refractivity (Wildman–Crippen MR) is 83.7 cm³/mol. The molecule has 1 heterocycles. The van der Waals surface area contributed by atoms with Gasteiger partial charge in [0.15, 0.2) is 0 Å². The largest absolute Gasteiger partial charge is 0.481 e. The molecule has 118 valence electrons. The van der Waals surface area contributed by atoms with Gasteiger partial charge < -0.3 is 14.6 Å². The number of aliphatic hydroxyl groups excluding tert-OH is 1. The number of carboxylic acid groups (broad SMARTS) is 1. The van der Waals surface area contributed by atoms with Crippen LogP contribution >= 0.6 is 0 Å². The second-order valence-corrected chi connectivity index (χ2v) is 5.38. The van der Waals surface area contributed by atoms with E-state index in [1.807, 2.05) is 6.92 Å². The Labute approximate surface area is 132 Å². The molecular weight excluding hydrogens is 299 g/mol. The number of hydrogen-bond donors (Lipinski definition) is 2. The van der Waals surface area contributed by atoms with Gasteiger partial charge in [0.05, 0.1) is 6.42 Å². The number of furan rings is 1. The molecule has 0 atom stereocenters. The van der Waals surface area contributed by atoms with E-state index in [4.69, 9.17) is 14.6 Å². The van der Waals surface area contributed by atoms with Gasteiger partial charge in [-0.3, -0.25) is 4.79 Å². The standard InChI is InChI=1S/C18H15FO4/c1-10-15(7-12-3-4-13(9-20)23-12)14-5-2-11(19)6-17(14)16(10)8-18(21)22/h2-7,20H,8-9H2,1H3,(H,21,22)/b15-7-. The van der Waals surface area contributed by atoms with Crippen LogP contribution in [-0.2, 0) is 11.4 Å². The lowest BCUT2D eigenvalue weighted by molar-refractivity contribution is -0.135. The number of hydrogen-bond acceptors (Lipinski definition) is 3. The first-order chi connectivity index (χ1) is 11.0. The molecule has 0 bridgehead atoms. The van der Waals surface area contributed by atoms with E-state index in [0.717, 1.165) is 16.7 Å². The van der Waals surface area contributed by atoms with Crippen molar-refractivity contribution in [3.05, 3.63) is 64.4 Å². The van der Waals surface area contributed by atoms with Crippen molar-refractivity contribution in [3.8, 4) is 0 Å². The van der Waals surface area contributed by atoms with Gasteiger partial charge in [-0.25, -0.2) is 4.39 Å². The molecule has 0 spiro atoms. The summed E-state index contributed by atoms with van der Waals surface area (Å²) in [6.45, 7) is 1.63. The lowest BCUT2D eigenvalue weighted by atomic mass is 10.0. The van der Waals surface area contributed by atoms with Crippen molar-refractivity contribution in [1.82, 2.24) is 0 Å². The van der Waals surface area contributed by atoms with Gasteiger partial charge in [0, 0.05) is 0 Å². The quantitative estimate of drug-likeness (QED) is 0.902.